The highest BCUT2D eigenvalue weighted by Crippen LogP contribution is 2.43. The van der Waals surface area contributed by atoms with Crippen molar-refractivity contribution in [3.05, 3.63) is 85.1 Å². The van der Waals surface area contributed by atoms with Gasteiger partial charge in [-0.25, -0.2) is 4.57 Å². The van der Waals surface area contributed by atoms with Crippen LogP contribution < -0.4 is 0 Å². The van der Waals surface area contributed by atoms with Gasteiger partial charge in [0, 0.05) is 12.8 Å². The van der Waals surface area contributed by atoms with E-state index in [1.807, 2.05) is 21.1 Å². The molecule has 0 heterocycles. The molecule has 0 aliphatic carbocycles. The van der Waals surface area contributed by atoms with E-state index in [2.05, 4.69) is 98.9 Å². The van der Waals surface area contributed by atoms with Gasteiger partial charge in [0.2, 0.25) is 0 Å². The third-order valence-electron chi connectivity index (χ3n) is 12.9. The molecule has 0 aliphatic heterocycles. The number of unbranched alkanes of at least 4 members (excludes halogenated alkanes) is 27. The number of ether oxygens (including phenoxy) is 2. The standard InChI is InChI=1S/C64H114NO8P/c1-6-8-10-12-14-16-18-20-22-24-26-28-30-32-34-36-38-40-42-44-46-48-50-52-54-56-63(66)70-60-62(61-72-74(68,69)71-59-58-65(3,4)5)73-64(67)57-55-53-51-49-47-45-43-41-39-37-35-33-31-29-27-25-23-21-19-17-15-13-11-9-7-2/h9,11,15,17-18,20-21,23-24,26-27,29-30,32,62H,6-8,10,12-14,16,19,22,25,28,31,33-61H2,1-5H3/p+1/b11-9-,17-15-,20-18-,23-21-,26-24-,29-27-,32-30-. The zero-order valence-electron chi connectivity index (χ0n) is 48.6. The van der Waals surface area contributed by atoms with Crippen molar-refractivity contribution < 1.29 is 42.1 Å². The van der Waals surface area contributed by atoms with E-state index >= 15 is 0 Å². The second-order valence-electron chi connectivity index (χ2n) is 21.4. The number of nitrogens with zero attached hydrogens (tertiary/aromatic N) is 1. The molecule has 1 N–H and O–H groups in total. The van der Waals surface area contributed by atoms with E-state index in [-0.39, 0.29) is 32.0 Å². The van der Waals surface area contributed by atoms with Crippen molar-refractivity contribution >= 4 is 19.8 Å². The van der Waals surface area contributed by atoms with Gasteiger partial charge in [-0.05, 0) is 89.9 Å². The Morgan fingerprint density at radius 3 is 1.15 bits per heavy atom. The molecule has 0 radical (unpaired) electrons. The first kappa shape index (κ1) is 71.2. The first-order valence-electron chi connectivity index (χ1n) is 30.3. The maximum atomic E-state index is 12.8. The number of rotatable bonds is 55. The van der Waals surface area contributed by atoms with E-state index in [1.165, 1.54) is 148 Å². The summed E-state index contributed by atoms with van der Waals surface area (Å²) in [6.45, 7) is 4.32. The molecule has 0 aromatic carbocycles. The lowest BCUT2D eigenvalue weighted by molar-refractivity contribution is -0.870. The van der Waals surface area contributed by atoms with Crippen molar-refractivity contribution in [1.82, 2.24) is 0 Å². The lowest BCUT2D eigenvalue weighted by Gasteiger charge is -2.24. The quantitative estimate of drug-likeness (QED) is 0.0211. The Balaban J connectivity index is 4.16. The first-order valence-corrected chi connectivity index (χ1v) is 31.8. The van der Waals surface area contributed by atoms with Crippen LogP contribution in [-0.2, 0) is 32.7 Å². The summed E-state index contributed by atoms with van der Waals surface area (Å²) in [7, 11) is 1.47. The number of phosphoric acid groups is 1. The van der Waals surface area contributed by atoms with Gasteiger partial charge in [-0.3, -0.25) is 18.6 Å². The molecule has 0 spiro atoms. The molecular formula is C64H115NO8P+. The molecule has 0 aromatic heterocycles. The molecule has 0 rings (SSSR count). The molecular weight excluding hydrogens is 942 g/mol. The Morgan fingerprint density at radius 1 is 0.432 bits per heavy atom. The van der Waals surface area contributed by atoms with Gasteiger partial charge in [0.15, 0.2) is 6.10 Å². The van der Waals surface area contributed by atoms with Crippen molar-refractivity contribution in [2.75, 3.05) is 47.5 Å². The Bertz CT molecular complexity index is 1520. The van der Waals surface area contributed by atoms with E-state index in [9.17, 15) is 19.0 Å². The fourth-order valence-electron chi connectivity index (χ4n) is 8.25. The molecule has 0 fully saturated rings. The van der Waals surface area contributed by atoms with Crippen molar-refractivity contribution in [1.29, 1.82) is 0 Å². The van der Waals surface area contributed by atoms with Crippen molar-refractivity contribution in [3.63, 3.8) is 0 Å². The van der Waals surface area contributed by atoms with Crippen LogP contribution >= 0.6 is 7.82 Å². The van der Waals surface area contributed by atoms with E-state index in [4.69, 9.17) is 18.5 Å². The van der Waals surface area contributed by atoms with Gasteiger partial charge >= 0.3 is 19.8 Å². The van der Waals surface area contributed by atoms with Crippen LogP contribution in [0, 0.1) is 0 Å². The number of allylic oxidation sites excluding steroid dienone is 14. The highest BCUT2D eigenvalue weighted by atomic mass is 31.2. The fourth-order valence-corrected chi connectivity index (χ4v) is 8.99. The monoisotopic (exact) mass is 1060 g/mol. The number of esters is 2. The minimum Gasteiger partial charge on any atom is -0.462 e. The van der Waals surface area contributed by atoms with Gasteiger partial charge in [-0.15, -0.1) is 0 Å². The topological polar surface area (TPSA) is 108 Å². The van der Waals surface area contributed by atoms with Gasteiger partial charge in [0.25, 0.3) is 0 Å². The van der Waals surface area contributed by atoms with Gasteiger partial charge in [-0.2, -0.15) is 0 Å². The highest BCUT2D eigenvalue weighted by molar-refractivity contribution is 7.47. The van der Waals surface area contributed by atoms with E-state index in [0.717, 1.165) is 77.0 Å². The number of phosphoric ester groups is 1. The van der Waals surface area contributed by atoms with Gasteiger partial charge in [-0.1, -0.05) is 240 Å². The van der Waals surface area contributed by atoms with Crippen LogP contribution in [0.25, 0.3) is 0 Å². The van der Waals surface area contributed by atoms with Crippen LogP contribution in [0.3, 0.4) is 0 Å². The Labute approximate surface area is 456 Å². The molecule has 0 saturated heterocycles. The Morgan fingerprint density at radius 2 is 0.770 bits per heavy atom. The highest BCUT2D eigenvalue weighted by Gasteiger charge is 2.27. The van der Waals surface area contributed by atoms with Crippen LogP contribution in [0.4, 0.5) is 0 Å². The second kappa shape index (κ2) is 55.0. The summed E-state index contributed by atoms with van der Waals surface area (Å²) in [5.41, 5.74) is 0. The van der Waals surface area contributed by atoms with Crippen molar-refractivity contribution in [2.24, 2.45) is 0 Å². The zero-order valence-corrected chi connectivity index (χ0v) is 49.5. The smallest absolute Gasteiger partial charge is 0.462 e. The number of carbonyl (C=O) groups excluding carboxylic acids is 2. The van der Waals surface area contributed by atoms with Gasteiger partial charge in [0.05, 0.1) is 27.7 Å². The average Bonchev–Trinajstić information content (AvgIpc) is 3.36. The number of hydrogen-bond acceptors (Lipinski definition) is 7. The molecule has 74 heavy (non-hydrogen) atoms. The summed E-state index contributed by atoms with van der Waals surface area (Å²) >= 11 is 0. The van der Waals surface area contributed by atoms with Crippen LogP contribution in [0.5, 0.6) is 0 Å². The maximum absolute atomic E-state index is 12.8. The third-order valence-corrected chi connectivity index (χ3v) is 13.9. The minimum absolute atomic E-state index is 0.0275. The molecule has 2 unspecified atom stereocenters. The molecule has 9 nitrogen and oxygen atoms in total. The number of quaternary nitrogens is 1. The Hall–Kier alpha value is -2.81. The molecule has 0 saturated carbocycles. The normalized spacial score (nSPS) is 13.9. The summed E-state index contributed by atoms with van der Waals surface area (Å²) in [5, 5.41) is 0. The van der Waals surface area contributed by atoms with Crippen molar-refractivity contribution in [2.45, 2.75) is 264 Å². The van der Waals surface area contributed by atoms with E-state index < -0.39 is 26.5 Å². The predicted molar refractivity (Wildman–Crippen MR) is 316 cm³/mol. The molecule has 428 valence electrons. The molecule has 0 aromatic rings. The molecule has 0 amide bonds. The third kappa shape index (κ3) is 58.5. The molecule has 10 heteroatoms. The Kier molecular flexibility index (Phi) is 52.9. The maximum Gasteiger partial charge on any atom is 0.472 e. The second-order valence-corrected chi connectivity index (χ2v) is 22.8. The molecule has 0 bridgehead atoms. The average molecular weight is 1060 g/mol. The first-order chi connectivity index (χ1) is 36.0. The summed E-state index contributed by atoms with van der Waals surface area (Å²) in [4.78, 5) is 35.8. The lowest BCUT2D eigenvalue weighted by Crippen LogP contribution is -2.37. The lowest BCUT2D eigenvalue weighted by atomic mass is 10.0. The SMILES string of the molecule is CC/C=C\C/C=C\C/C=C\C/C=C\CCCCCCCCCCCCCCC(=O)OC(COC(=O)CCCCCCCCCCCC/C=C\C/C=C\C/C=C\CCCCCCC)COP(=O)(O)OCC[N+](C)(C)C. The van der Waals surface area contributed by atoms with Crippen LogP contribution in [-0.4, -0.2) is 74.9 Å². The molecule has 0 aliphatic rings. The summed E-state index contributed by atoms with van der Waals surface area (Å²) < 4.78 is 34.6. The number of hydrogen-bond donors (Lipinski definition) is 1. The van der Waals surface area contributed by atoms with Crippen LogP contribution in [0.2, 0.25) is 0 Å². The summed E-state index contributed by atoms with van der Waals surface area (Å²) in [6.07, 6.45) is 73.6. The number of likely N-dealkylation sites (N-methyl/N-ethyl adjacent to an activating group) is 1. The summed E-state index contributed by atoms with van der Waals surface area (Å²) in [6, 6.07) is 0. The largest absolute Gasteiger partial charge is 0.472 e. The van der Waals surface area contributed by atoms with E-state index in [0.29, 0.717) is 17.4 Å². The minimum atomic E-state index is -4.39. The molecule has 2 atom stereocenters. The predicted octanol–water partition coefficient (Wildman–Crippen LogP) is 19.0. The van der Waals surface area contributed by atoms with Crippen LogP contribution in [0.15, 0.2) is 85.1 Å². The summed E-state index contributed by atoms with van der Waals surface area (Å²) in [5.74, 6) is -0.802. The van der Waals surface area contributed by atoms with E-state index in [1.54, 1.807) is 0 Å². The van der Waals surface area contributed by atoms with Gasteiger partial charge in [0.1, 0.15) is 19.8 Å². The zero-order chi connectivity index (χ0) is 54.2. The van der Waals surface area contributed by atoms with Gasteiger partial charge < -0.3 is 18.9 Å². The van der Waals surface area contributed by atoms with Crippen molar-refractivity contribution in [3.8, 4) is 0 Å². The number of carbonyl (C=O) groups is 2. The fraction of sp³-hybridized carbons (Fsp3) is 0.750. The van der Waals surface area contributed by atoms with Crippen LogP contribution in [0.1, 0.15) is 258 Å².